The maximum absolute atomic E-state index is 11.9. The summed E-state index contributed by atoms with van der Waals surface area (Å²) < 4.78 is 5.16. The van der Waals surface area contributed by atoms with Gasteiger partial charge >= 0.3 is 0 Å². The molecule has 0 saturated heterocycles. The van der Waals surface area contributed by atoms with Gasteiger partial charge in [0.1, 0.15) is 5.75 Å². The van der Waals surface area contributed by atoms with Crippen LogP contribution in [-0.4, -0.2) is 43.7 Å². The van der Waals surface area contributed by atoms with Crippen LogP contribution >= 0.6 is 12.2 Å². The second-order valence-corrected chi connectivity index (χ2v) is 6.52. The Morgan fingerprint density at radius 3 is 2.31 bits per heavy atom. The number of nitrogens with one attached hydrogen (secondary N) is 2. The zero-order valence-electron chi connectivity index (χ0n) is 15.4. The molecule has 0 fully saturated rings. The lowest BCUT2D eigenvalue weighted by atomic mass is 10.1. The molecule has 0 aliphatic rings. The van der Waals surface area contributed by atoms with Crippen LogP contribution in [-0.2, 0) is 6.42 Å². The van der Waals surface area contributed by atoms with Gasteiger partial charge in [0.2, 0.25) is 0 Å². The van der Waals surface area contributed by atoms with Gasteiger partial charge in [-0.3, -0.25) is 4.79 Å². The number of carbonyl (C=O) groups excluding carboxylic acids is 1. The van der Waals surface area contributed by atoms with Crippen molar-refractivity contribution >= 4 is 28.9 Å². The Labute approximate surface area is 160 Å². The van der Waals surface area contributed by atoms with Gasteiger partial charge in [-0.1, -0.05) is 12.1 Å². The van der Waals surface area contributed by atoms with Gasteiger partial charge in [-0.25, -0.2) is 0 Å². The van der Waals surface area contributed by atoms with Crippen LogP contribution < -0.4 is 15.4 Å². The number of aryl methyl sites for hydroxylation is 1. The standard InChI is InChI=1S/C20H25N3O2S/c1-23(2)19(24)16-8-10-17(11-9-16)22-20(26)21-14-4-5-15-6-12-18(25-3)13-7-15/h6-13H,4-5,14H2,1-3H3,(H2,21,22,26). The highest BCUT2D eigenvalue weighted by Gasteiger charge is 2.07. The molecule has 1 amide bonds. The van der Waals surface area contributed by atoms with Crippen molar-refractivity contribution in [2.45, 2.75) is 12.8 Å². The molecule has 2 N–H and O–H groups in total. The van der Waals surface area contributed by atoms with Crippen LogP contribution in [0.1, 0.15) is 22.3 Å². The van der Waals surface area contributed by atoms with E-state index in [9.17, 15) is 4.79 Å². The normalized spacial score (nSPS) is 10.1. The summed E-state index contributed by atoms with van der Waals surface area (Å²) in [6.07, 6.45) is 1.95. The molecule has 0 bridgehead atoms. The van der Waals surface area contributed by atoms with Gasteiger partial charge < -0.3 is 20.3 Å². The average molecular weight is 372 g/mol. The first kappa shape index (κ1) is 19.7. The van der Waals surface area contributed by atoms with Crippen molar-refractivity contribution in [2.75, 3.05) is 33.1 Å². The van der Waals surface area contributed by atoms with Crippen LogP contribution in [0.2, 0.25) is 0 Å². The fraction of sp³-hybridized carbons (Fsp3) is 0.300. The zero-order chi connectivity index (χ0) is 18.9. The Hall–Kier alpha value is -2.60. The Morgan fingerprint density at radius 2 is 1.73 bits per heavy atom. The number of rotatable bonds is 7. The smallest absolute Gasteiger partial charge is 0.253 e. The number of methoxy groups -OCH3 is 1. The Kier molecular flexibility index (Phi) is 7.41. The Bertz CT molecular complexity index is 728. The first-order valence-corrected chi connectivity index (χ1v) is 8.90. The quantitative estimate of drug-likeness (QED) is 0.578. The number of ether oxygens (including phenoxy) is 1. The number of thiocarbonyl (C=S) groups is 1. The Morgan fingerprint density at radius 1 is 1.08 bits per heavy atom. The molecule has 2 rings (SSSR count). The lowest BCUT2D eigenvalue weighted by molar-refractivity contribution is 0.0827. The van der Waals surface area contributed by atoms with Crippen molar-refractivity contribution in [2.24, 2.45) is 0 Å². The van der Waals surface area contributed by atoms with Crippen LogP contribution in [0.3, 0.4) is 0 Å². The molecule has 0 aliphatic heterocycles. The summed E-state index contributed by atoms with van der Waals surface area (Å²) in [5.74, 6) is 0.853. The minimum atomic E-state index is -0.0178. The number of hydrogen-bond donors (Lipinski definition) is 2. The van der Waals surface area contributed by atoms with Crippen LogP contribution in [0.25, 0.3) is 0 Å². The second kappa shape index (κ2) is 9.77. The minimum Gasteiger partial charge on any atom is -0.497 e. The number of amides is 1. The maximum atomic E-state index is 11.9. The molecular formula is C20H25N3O2S. The van der Waals surface area contributed by atoms with E-state index in [1.807, 2.05) is 24.3 Å². The highest BCUT2D eigenvalue weighted by Crippen LogP contribution is 2.13. The Balaban J connectivity index is 1.72. The molecule has 0 atom stereocenters. The van der Waals surface area contributed by atoms with E-state index in [-0.39, 0.29) is 5.91 Å². The number of hydrogen-bond acceptors (Lipinski definition) is 3. The van der Waals surface area contributed by atoms with Gasteiger partial charge in [0.15, 0.2) is 5.11 Å². The molecule has 0 spiro atoms. The first-order chi connectivity index (χ1) is 12.5. The molecule has 138 valence electrons. The molecule has 26 heavy (non-hydrogen) atoms. The topological polar surface area (TPSA) is 53.6 Å². The van der Waals surface area contributed by atoms with Crippen molar-refractivity contribution in [3.8, 4) is 5.75 Å². The number of nitrogens with zero attached hydrogens (tertiary/aromatic N) is 1. The molecule has 0 heterocycles. The van der Waals surface area contributed by atoms with Crippen LogP contribution in [0.4, 0.5) is 5.69 Å². The van der Waals surface area contributed by atoms with Gasteiger partial charge in [-0.15, -0.1) is 0 Å². The lowest BCUT2D eigenvalue weighted by Crippen LogP contribution is -2.29. The van der Waals surface area contributed by atoms with E-state index < -0.39 is 0 Å². The third-order valence-electron chi connectivity index (χ3n) is 3.88. The molecule has 5 nitrogen and oxygen atoms in total. The summed E-state index contributed by atoms with van der Waals surface area (Å²) in [6.45, 7) is 0.787. The summed E-state index contributed by atoms with van der Waals surface area (Å²) in [6, 6.07) is 15.4. The van der Waals surface area contributed by atoms with Crippen LogP contribution in [0.5, 0.6) is 5.75 Å². The molecule has 2 aromatic carbocycles. The number of benzene rings is 2. The number of carbonyl (C=O) groups is 1. The molecule has 0 aromatic heterocycles. The van der Waals surface area contributed by atoms with Crippen molar-refractivity contribution in [1.29, 1.82) is 0 Å². The van der Waals surface area contributed by atoms with E-state index in [4.69, 9.17) is 17.0 Å². The minimum absolute atomic E-state index is 0.0178. The molecule has 6 heteroatoms. The van der Waals surface area contributed by atoms with E-state index >= 15 is 0 Å². The van der Waals surface area contributed by atoms with E-state index in [0.29, 0.717) is 10.7 Å². The SMILES string of the molecule is COc1ccc(CCCNC(=S)Nc2ccc(C(=O)N(C)C)cc2)cc1. The number of anilines is 1. The largest absolute Gasteiger partial charge is 0.497 e. The van der Waals surface area contributed by atoms with Crippen molar-refractivity contribution in [1.82, 2.24) is 10.2 Å². The van der Waals surface area contributed by atoms with Gasteiger partial charge in [-0.05, 0) is 67.0 Å². The highest BCUT2D eigenvalue weighted by molar-refractivity contribution is 7.80. The van der Waals surface area contributed by atoms with Gasteiger partial charge in [-0.2, -0.15) is 0 Å². The molecule has 0 aliphatic carbocycles. The fourth-order valence-corrected chi connectivity index (χ4v) is 2.64. The summed E-state index contributed by atoms with van der Waals surface area (Å²) in [4.78, 5) is 13.4. The summed E-state index contributed by atoms with van der Waals surface area (Å²) in [5, 5.41) is 6.91. The predicted molar refractivity (Wildman–Crippen MR) is 110 cm³/mol. The zero-order valence-corrected chi connectivity index (χ0v) is 16.2. The van der Waals surface area contributed by atoms with Crippen molar-refractivity contribution < 1.29 is 9.53 Å². The molecule has 0 unspecified atom stereocenters. The highest BCUT2D eigenvalue weighted by atomic mass is 32.1. The summed E-state index contributed by atoms with van der Waals surface area (Å²) in [7, 11) is 5.14. The van der Waals surface area contributed by atoms with E-state index in [0.717, 1.165) is 30.8 Å². The van der Waals surface area contributed by atoms with Gasteiger partial charge in [0.05, 0.1) is 7.11 Å². The van der Waals surface area contributed by atoms with Gasteiger partial charge in [0.25, 0.3) is 5.91 Å². The van der Waals surface area contributed by atoms with Crippen molar-refractivity contribution in [3.63, 3.8) is 0 Å². The van der Waals surface area contributed by atoms with Crippen LogP contribution in [0.15, 0.2) is 48.5 Å². The molecular weight excluding hydrogens is 346 g/mol. The molecule has 2 aromatic rings. The van der Waals surface area contributed by atoms with Crippen molar-refractivity contribution in [3.05, 3.63) is 59.7 Å². The van der Waals surface area contributed by atoms with E-state index in [1.165, 1.54) is 5.56 Å². The second-order valence-electron chi connectivity index (χ2n) is 6.11. The van der Waals surface area contributed by atoms with Crippen LogP contribution in [0, 0.1) is 0 Å². The third kappa shape index (κ3) is 6.04. The molecule has 0 saturated carbocycles. The third-order valence-corrected chi connectivity index (χ3v) is 4.13. The lowest BCUT2D eigenvalue weighted by Gasteiger charge is -2.12. The summed E-state index contributed by atoms with van der Waals surface area (Å²) >= 11 is 5.31. The first-order valence-electron chi connectivity index (χ1n) is 8.49. The fourth-order valence-electron chi connectivity index (χ4n) is 2.42. The monoisotopic (exact) mass is 371 g/mol. The summed E-state index contributed by atoms with van der Waals surface area (Å²) in [5.41, 5.74) is 2.78. The maximum Gasteiger partial charge on any atom is 0.253 e. The van der Waals surface area contributed by atoms with Gasteiger partial charge in [0, 0.05) is 31.9 Å². The predicted octanol–water partition coefficient (Wildman–Crippen LogP) is 3.32. The van der Waals surface area contributed by atoms with E-state index in [2.05, 4.69) is 22.8 Å². The average Bonchev–Trinajstić information content (AvgIpc) is 2.65. The van der Waals surface area contributed by atoms with E-state index in [1.54, 1.807) is 38.2 Å². The molecule has 0 radical (unpaired) electrons.